The van der Waals surface area contributed by atoms with Crippen LogP contribution in [-0.2, 0) is 14.3 Å². The largest absolute Gasteiger partial charge is 0.463 e. The van der Waals surface area contributed by atoms with Gasteiger partial charge in [-0.1, -0.05) is 36.4 Å². The molecular weight excluding hydrogens is 336 g/mol. The lowest BCUT2D eigenvalue weighted by molar-refractivity contribution is -0.145. The first-order chi connectivity index (χ1) is 12.6. The number of para-hydroxylation sites is 1. The number of benzene rings is 2. The number of carbonyl (C=O) groups excluding carboxylic acids is 2. The van der Waals surface area contributed by atoms with Gasteiger partial charge in [-0.15, -0.1) is 0 Å². The summed E-state index contributed by atoms with van der Waals surface area (Å²) in [6.07, 6.45) is -0.638. The monoisotopic (exact) mass is 350 g/mol. The average molecular weight is 350 g/mol. The quantitative estimate of drug-likeness (QED) is 0.670. The highest BCUT2D eigenvalue weighted by Gasteiger charge is 2.32. The van der Waals surface area contributed by atoms with E-state index in [4.69, 9.17) is 9.47 Å². The number of hydrogen-bond donors (Lipinski definition) is 0. The van der Waals surface area contributed by atoms with E-state index in [1.165, 1.54) is 0 Å². The standard InChI is InChI=1S/C19H14N2O5/c22-17-14-9-5-4-8-13(14)16(19(24)26-15-10-11-25-18(15)23)20-21(17)12-6-2-1-3-7-12/h1-9,15H,10-11H2. The first kappa shape index (κ1) is 16.0. The Kier molecular flexibility index (Phi) is 3.96. The Balaban J connectivity index is 1.85. The molecule has 130 valence electrons. The zero-order chi connectivity index (χ0) is 18.1. The van der Waals surface area contributed by atoms with Gasteiger partial charge in [-0.25, -0.2) is 9.59 Å². The summed E-state index contributed by atoms with van der Waals surface area (Å²) in [7, 11) is 0. The third kappa shape index (κ3) is 2.73. The number of hydrogen-bond acceptors (Lipinski definition) is 6. The van der Waals surface area contributed by atoms with E-state index in [-0.39, 0.29) is 17.9 Å². The van der Waals surface area contributed by atoms with Crippen LogP contribution in [0.3, 0.4) is 0 Å². The van der Waals surface area contributed by atoms with E-state index in [1.807, 2.05) is 6.07 Å². The minimum absolute atomic E-state index is 0.0243. The number of rotatable bonds is 3. The smallest absolute Gasteiger partial charge is 0.360 e. The summed E-state index contributed by atoms with van der Waals surface area (Å²) in [6.45, 7) is 0.217. The van der Waals surface area contributed by atoms with Crippen molar-refractivity contribution in [3.63, 3.8) is 0 Å². The van der Waals surface area contributed by atoms with Crippen LogP contribution in [0, 0.1) is 0 Å². The highest BCUT2D eigenvalue weighted by Crippen LogP contribution is 2.18. The fraction of sp³-hybridized carbons (Fsp3) is 0.158. The number of nitrogens with zero attached hydrogens (tertiary/aromatic N) is 2. The van der Waals surface area contributed by atoms with Crippen LogP contribution in [0.25, 0.3) is 16.5 Å². The molecule has 26 heavy (non-hydrogen) atoms. The lowest BCUT2D eigenvalue weighted by atomic mass is 10.1. The molecule has 0 aliphatic carbocycles. The van der Waals surface area contributed by atoms with Gasteiger partial charge in [0.1, 0.15) is 0 Å². The predicted molar refractivity (Wildman–Crippen MR) is 92.1 cm³/mol. The third-order valence-corrected chi connectivity index (χ3v) is 4.14. The molecule has 0 N–H and O–H groups in total. The molecule has 4 rings (SSSR count). The summed E-state index contributed by atoms with van der Waals surface area (Å²) >= 11 is 0. The summed E-state index contributed by atoms with van der Waals surface area (Å²) in [4.78, 5) is 37.0. The lowest BCUT2D eigenvalue weighted by Gasteiger charge is -2.12. The molecule has 1 aliphatic rings. The summed E-state index contributed by atoms with van der Waals surface area (Å²) in [5.41, 5.74) is 0.157. The van der Waals surface area contributed by atoms with E-state index in [1.54, 1.807) is 48.5 Å². The van der Waals surface area contributed by atoms with E-state index in [9.17, 15) is 14.4 Å². The molecule has 0 saturated carbocycles. The van der Waals surface area contributed by atoms with E-state index < -0.39 is 18.0 Å². The van der Waals surface area contributed by atoms with Crippen molar-refractivity contribution >= 4 is 22.7 Å². The van der Waals surface area contributed by atoms with Crippen molar-refractivity contribution < 1.29 is 19.1 Å². The first-order valence-electron chi connectivity index (χ1n) is 8.10. The van der Waals surface area contributed by atoms with Crippen LogP contribution < -0.4 is 5.56 Å². The molecule has 0 bridgehead atoms. The highest BCUT2D eigenvalue weighted by molar-refractivity contribution is 6.02. The van der Waals surface area contributed by atoms with Crippen LogP contribution >= 0.6 is 0 Å². The second-order valence-electron chi connectivity index (χ2n) is 5.80. The van der Waals surface area contributed by atoms with Crippen LogP contribution in [0.15, 0.2) is 59.4 Å². The van der Waals surface area contributed by atoms with Gasteiger partial charge >= 0.3 is 11.9 Å². The van der Waals surface area contributed by atoms with Crippen molar-refractivity contribution in [2.45, 2.75) is 12.5 Å². The van der Waals surface area contributed by atoms with Gasteiger partial charge in [0, 0.05) is 11.8 Å². The molecule has 2 heterocycles. The summed E-state index contributed by atoms with van der Waals surface area (Å²) < 4.78 is 11.2. The van der Waals surface area contributed by atoms with Gasteiger partial charge in [-0.05, 0) is 18.2 Å². The SMILES string of the molecule is O=C(OC1CCOC1=O)c1nn(-c2ccccc2)c(=O)c2ccccc12. The topological polar surface area (TPSA) is 87.5 Å². The second-order valence-corrected chi connectivity index (χ2v) is 5.80. The number of fused-ring (bicyclic) bond motifs is 1. The number of carbonyl (C=O) groups is 2. The molecule has 0 radical (unpaired) electrons. The van der Waals surface area contributed by atoms with Crippen LogP contribution in [0.1, 0.15) is 16.9 Å². The lowest BCUT2D eigenvalue weighted by Crippen LogP contribution is -2.28. The predicted octanol–water partition coefficient (Wildman–Crippen LogP) is 1.86. The van der Waals surface area contributed by atoms with E-state index in [0.717, 1.165) is 4.68 Å². The molecule has 1 aromatic heterocycles. The second kappa shape index (κ2) is 6.44. The number of cyclic esters (lactones) is 1. The molecule has 7 heteroatoms. The Bertz CT molecular complexity index is 1060. The Labute approximate surface area is 147 Å². The summed E-state index contributed by atoms with van der Waals surface area (Å²) in [5.74, 6) is -1.34. The van der Waals surface area contributed by atoms with Crippen LogP contribution in [0.2, 0.25) is 0 Å². The maximum Gasteiger partial charge on any atom is 0.360 e. The molecule has 1 saturated heterocycles. The Morgan fingerprint density at radius 1 is 1.04 bits per heavy atom. The summed E-state index contributed by atoms with van der Waals surface area (Å²) in [6, 6.07) is 15.5. The number of esters is 2. The first-order valence-corrected chi connectivity index (χ1v) is 8.10. The fourth-order valence-electron chi connectivity index (χ4n) is 2.85. The van der Waals surface area contributed by atoms with Crippen molar-refractivity contribution in [2.75, 3.05) is 6.61 Å². The molecule has 2 aromatic carbocycles. The van der Waals surface area contributed by atoms with Crippen molar-refractivity contribution in [1.29, 1.82) is 0 Å². The van der Waals surface area contributed by atoms with Gasteiger partial charge in [0.05, 0.1) is 17.7 Å². The van der Waals surface area contributed by atoms with E-state index in [2.05, 4.69) is 5.10 Å². The molecule has 1 aliphatic heterocycles. The normalized spacial score (nSPS) is 16.5. The van der Waals surface area contributed by atoms with Crippen molar-refractivity contribution in [2.24, 2.45) is 0 Å². The minimum Gasteiger partial charge on any atom is -0.463 e. The third-order valence-electron chi connectivity index (χ3n) is 4.14. The van der Waals surface area contributed by atoms with Gasteiger partial charge in [0.25, 0.3) is 5.56 Å². The highest BCUT2D eigenvalue weighted by atomic mass is 16.6. The van der Waals surface area contributed by atoms with Gasteiger partial charge in [0.2, 0.25) is 6.10 Å². The zero-order valence-corrected chi connectivity index (χ0v) is 13.6. The maximum absolute atomic E-state index is 12.8. The molecule has 0 spiro atoms. The molecule has 1 fully saturated rings. The van der Waals surface area contributed by atoms with Gasteiger partial charge in [-0.3, -0.25) is 4.79 Å². The van der Waals surface area contributed by atoms with Crippen LogP contribution in [-0.4, -0.2) is 34.4 Å². The number of ether oxygens (including phenoxy) is 2. The average Bonchev–Trinajstić information content (AvgIpc) is 3.07. The van der Waals surface area contributed by atoms with Crippen molar-refractivity contribution in [3.05, 3.63) is 70.6 Å². The van der Waals surface area contributed by atoms with Crippen molar-refractivity contribution in [3.8, 4) is 5.69 Å². The molecule has 1 atom stereocenters. The van der Waals surface area contributed by atoms with E-state index >= 15 is 0 Å². The Morgan fingerprint density at radius 2 is 1.73 bits per heavy atom. The number of aromatic nitrogens is 2. The Hall–Kier alpha value is -3.48. The molecule has 0 amide bonds. The molecule has 3 aromatic rings. The van der Waals surface area contributed by atoms with E-state index in [0.29, 0.717) is 22.9 Å². The van der Waals surface area contributed by atoms with Gasteiger partial charge in [0.15, 0.2) is 5.69 Å². The minimum atomic E-state index is -0.944. The molecule has 1 unspecified atom stereocenters. The van der Waals surface area contributed by atoms with Gasteiger partial charge in [-0.2, -0.15) is 9.78 Å². The molecular formula is C19H14N2O5. The molecule has 7 nitrogen and oxygen atoms in total. The summed E-state index contributed by atoms with van der Waals surface area (Å²) in [5, 5.41) is 4.93. The van der Waals surface area contributed by atoms with Crippen LogP contribution in [0.4, 0.5) is 0 Å². The van der Waals surface area contributed by atoms with Gasteiger partial charge < -0.3 is 9.47 Å². The maximum atomic E-state index is 12.8. The van der Waals surface area contributed by atoms with Crippen molar-refractivity contribution in [1.82, 2.24) is 9.78 Å². The van der Waals surface area contributed by atoms with Crippen LogP contribution in [0.5, 0.6) is 0 Å². The zero-order valence-electron chi connectivity index (χ0n) is 13.6. The fourth-order valence-corrected chi connectivity index (χ4v) is 2.85. The Morgan fingerprint density at radius 3 is 2.42 bits per heavy atom.